The molecular weight excluding hydrogens is 300 g/mol. The summed E-state index contributed by atoms with van der Waals surface area (Å²) in [6, 6.07) is 13.2. The lowest BCUT2D eigenvalue weighted by atomic mass is 9.99. The number of urea groups is 1. The molecule has 0 unspecified atom stereocenters. The summed E-state index contributed by atoms with van der Waals surface area (Å²) in [6.07, 6.45) is 1.03. The molecule has 1 aliphatic rings. The van der Waals surface area contributed by atoms with Crippen molar-refractivity contribution in [2.45, 2.75) is 19.9 Å². The van der Waals surface area contributed by atoms with Gasteiger partial charge >= 0.3 is 6.03 Å². The van der Waals surface area contributed by atoms with Gasteiger partial charge in [-0.2, -0.15) is 5.26 Å². The minimum atomic E-state index is -0.346. The molecule has 0 fully saturated rings. The average Bonchev–Trinajstić information content (AvgIpc) is 2.54. The van der Waals surface area contributed by atoms with Crippen molar-refractivity contribution in [3.05, 3.63) is 58.7 Å². The van der Waals surface area contributed by atoms with E-state index in [-0.39, 0.29) is 6.03 Å². The van der Waals surface area contributed by atoms with Gasteiger partial charge in [-0.1, -0.05) is 18.2 Å². The van der Waals surface area contributed by atoms with Crippen LogP contribution in [0.15, 0.2) is 36.4 Å². The Hall–Kier alpha value is -2.84. The Bertz CT molecular complexity index is 823. The van der Waals surface area contributed by atoms with Crippen LogP contribution in [-0.2, 0) is 13.0 Å². The molecule has 0 aromatic heterocycles. The van der Waals surface area contributed by atoms with Crippen LogP contribution >= 0.6 is 0 Å². The van der Waals surface area contributed by atoms with Gasteiger partial charge < -0.3 is 15.5 Å². The van der Waals surface area contributed by atoms with Gasteiger partial charge in [0, 0.05) is 18.8 Å². The topological polar surface area (TPSA) is 68.2 Å². The zero-order valence-electron chi connectivity index (χ0n) is 13.9. The number of carbonyl (C=O) groups is 1. The first kappa shape index (κ1) is 16.0. The number of benzene rings is 2. The molecule has 122 valence electrons. The number of hydrogen-bond acceptors (Lipinski definition) is 3. The highest BCUT2D eigenvalue weighted by Gasteiger charge is 2.14. The van der Waals surface area contributed by atoms with Crippen LogP contribution in [0.2, 0.25) is 0 Å². The number of carbonyl (C=O) groups excluding carboxylic acids is 1. The summed E-state index contributed by atoms with van der Waals surface area (Å²) in [6.45, 7) is 3.80. The lowest BCUT2D eigenvalue weighted by Crippen LogP contribution is -2.27. The van der Waals surface area contributed by atoms with Gasteiger partial charge in [0.1, 0.15) is 6.07 Å². The average molecular weight is 320 g/mol. The van der Waals surface area contributed by atoms with E-state index in [2.05, 4.69) is 34.7 Å². The van der Waals surface area contributed by atoms with Gasteiger partial charge in [-0.3, -0.25) is 0 Å². The molecule has 0 saturated heterocycles. The molecule has 5 nitrogen and oxygen atoms in total. The second kappa shape index (κ2) is 6.73. The largest absolute Gasteiger partial charge is 0.323 e. The zero-order chi connectivity index (χ0) is 17.1. The van der Waals surface area contributed by atoms with E-state index >= 15 is 0 Å². The Kier molecular flexibility index (Phi) is 4.50. The maximum atomic E-state index is 12.3. The number of nitrogens with zero attached hydrogens (tertiary/aromatic N) is 2. The Labute approximate surface area is 141 Å². The first-order chi connectivity index (χ1) is 11.6. The van der Waals surface area contributed by atoms with Crippen LogP contribution in [-0.4, -0.2) is 24.5 Å². The number of rotatable bonds is 2. The summed E-state index contributed by atoms with van der Waals surface area (Å²) in [5.41, 5.74) is 5.19. The van der Waals surface area contributed by atoms with Crippen molar-refractivity contribution < 1.29 is 4.79 Å². The Morgan fingerprint density at radius 3 is 2.83 bits per heavy atom. The highest BCUT2D eigenvalue weighted by molar-refractivity contribution is 6.00. The molecule has 2 aromatic carbocycles. The van der Waals surface area contributed by atoms with Crippen molar-refractivity contribution in [3.63, 3.8) is 0 Å². The van der Waals surface area contributed by atoms with Crippen LogP contribution in [0.4, 0.5) is 16.2 Å². The molecule has 0 radical (unpaired) electrons. The van der Waals surface area contributed by atoms with Gasteiger partial charge in [0.2, 0.25) is 0 Å². The van der Waals surface area contributed by atoms with E-state index in [1.54, 1.807) is 6.07 Å². The Morgan fingerprint density at radius 1 is 1.21 bits per heavy atom. The highest BCUT2D eigenvalue weighted by Crippen LogP contribution is 2.23. The van der Waals surface area contributed by atoms with Crippen molar-refractivity contribution in [3.8, 4) is 6.07 Å². The quantitative estimate of drug-likeness (QED) is 0.890. The van der Waals surface area contributed by atoms with Crippen LogP contribution < -0.4 is 10.6 Å². The molecule has 2 amide bonds. The minimum absolute atomic E-state index is 0.346. The molecule has 0 aliphatic carbocycles. The molecule has 0 saturated carbocycles. The van der Waals surface area contributed by atoms with Gasteiger partial charge in [0.25, 0.3) is 0 Å². The molecule has 0 atom stereocenters. The molecule has 2 N–H and O–H groups in total. The summed E-state index contributed by atoms with van der Waals surface area (Å²) in [5.74, 6) is 0. The fraction of sp³-hybridized carbons (Fsp3) is 0.263. The molecule has 3 rings (SSSR count). The van der Waals surface area contributed by atoms with E-state index in [1.807, 2.05) is 31.2 Å². The van der Waals surface area contributed by atoms with E-state index in [0.29, 0.717) is 11.3 Å². The number of anilines is 2. The third-order valence-corrected chi connectivity index (χ3v) is 4.30. The van der Waals surface area contributed by atoms with Crippen molar-refractivity contribution in [1.82, 2.24) is 4.90 Å². The number of amides is 2. The van der Waals surface area contributed by atoms with Gasteiger partial charge in [0.15, 0.2) is 0 Å². The van der Waals surface area contributed by atoms with Crippen LogP contribution in [0.25, 0.3) is 0 Å². The lowest BCUT2D eigenvalue weighted by molar-refractivity contribution is 0.262. The monoisotopic (exact) mass is 320 g/mol. The van der Waals surface area contributed by atoms with E-state index in [9.17, 15) is 10.1 Å². The highest BCUT2D eigenvalue weighted by atomic mass is 16.2. The van der Waals surface area contributed by atoms with Crippen LogP contribution in [0.5, 0.6) is 0 Å². The van der Waals surface area contributed by atoms with E-state index in [1.165, 1.54) is 11.1 Å². The first-order valence-electron chi connectivity index (χ1n) is 7.95. The van der Waals surface area contributed by atoms with E-state index in [0.717, 1.165) is 30.8 Å². The van der Waals surface area contributed by atoms with E-state index in [4.69, 9.17) is 0 Å². The predicted octanol–water partition coefficient (Wildman–Crippen LogP) is 3.50. The second-order valence-electron chi connectivity index (χ2n) is 6.16. The number of aryl methyl sites for hydroxylation is 1. The molecule has 0 spiro atoms. The van der Waals surface area contributed by atoms with Crippen LogP contribution in [0.1, 0.15) is 22.3 Å². The smallest absolute Gasteiger partial charge is 0.308 e. The minimum Gasteiger partial charge on any atom is -0.308 e. The van der Waals surface area contributed by atoms with E-state index < -0.39 is 0 Å². The maximum Gasteiger partial charge on any atom is 0.323 e. The SMILES string of the molecule is Cc1cccc(NC(=O)Nc2ccc3c(c2)CN(C)CC3)c1C#N. The zero-order valence-corrected chi connectivity index (χ0v) is 13.9. The molecule has 2 aromatic rings. The van der Waals surface area contributed by atoms with Crippen LogP contribution in [0, 0.1) is 18.3 Å². The molecule has 1 heterocycles. The number of nitrogens with one attached hydrogen (secondary N) is 2. The number of hydrogen-bond donors (Lipinski definition) is 2. The van der Waals surface area contributed by atoms with Crippen molar-refractivity contribution in [2.75, 3.05) is 24.2 Å². The van der Waals surface area contributed by atoms with Crippen molar-refractivity contribution in [1.29, 1.82) is 5.26 Å². The summed E-state index contributed by atoms with van der Waals surface area (Å²) in [4.78, 5) is 14.5. The van der Waals surface area contributed by atoms with Gasteiger partial charge in [0.05, 0.1) is 11.3 Å². The number of fused-ring (bicyclic) bond motifs is 1. The first-order valence-corrected chi connectivity index (χ1v) is 7.95. The van der Waals surface area contributed by atoms with Crippen LogP contribution in [0.3, 0.4) is 0 Å². The third kappa shape index (κ3) is 3.39. The predicted molar refractivity (Wildman–Crippen MR) is 95.0 cm³/mol. The standard InChI is InChI=1S/C19H20N4O/c1-13-4-3-5-18(17(13)11-20)22-19(24)21-16-7-6-14-8-9-23(2)12-15(14)10-16/h3-7,10H,8-9,12H2,1-2H3,(H2,21,22,24). The molecule has 24 heavy (non-hydrogen) atoms. The lowest BCUT2D eigenvalue weighted by Gasteiger charge is -2.25. The second-order valence-corrected chi connectivity index (χ2v) is 6.16. The fourth-order valence-electron chi connectivity index (χ4n) is 2.98. The summed E-state index contributed by atoms with van der Waals surface area (Å²) >= 11 is 0. The summed E-state index contributed by atoms with van der Waals surface area (Å²) in [5, 5.41) is 14.8. The van der Waals surface area contributed by atoms with Gasteiger partial charge in [-0.05, 0) is 55.3 Å². The Balaban J connectivity index is 1.73. The summed E-state index contributed by atoms with van der Waals surface area (Å²) in [7, 11) is 2.09. The number of likely N-dealkylation sites (N-methyl/N-ethyl adjacent to an activating group) is 1. The maximum absolute atomic E-state index is 12.3. The fourth-order valence-corrected chi connectivity index (χ4v) is 2.98. The normalized spacial score (nSPS) is 13.7. The molecule has 5 heteroatoms. The van der Waals surface area contributed by atoms with Crippen molar-refractivity contribution in [2.24, 2.45) is 0 Å². The molecule has 1 aliphatic heterocycles. The van der Waals surface area contributed by atoms with Crippen molar-refractivity contribution >= 4 is 17.4 Å². The Morgan fingerprint density at radius 2 is 2.04 bits per heavy atom. The molecular formula is C19H20N4O. The van der Waals surface area contributed by atoms with Gasteiger partial charge in [-0.25, -0.2) is 4.79 Å². The molecule has 0 bridgehead atoms. The van der Waals surface area contributed by atoms with Gasteiger partial charge in [-0.15, -0.1) is 0 Å². The number of nitriles is 1. The summed E-state index contributed by atoms with van der Waals surface area (Å²) < 4.78 is 0. The third-order valence-electron chi connectivity index (χ3n) is 4.30.